The molecule has 0 aliphatic carbocycles. The molecule has 0 unspecified atom stereocenters. The van der Waals surface area contributed by atoms with Gasteiger partial charge in [-0.15, -0.1) is 5.10 Å². The van der Waals surface area contributed by atoms with Crippen LogP contribution in [0.25, 0.3) is 10.8 Å². The van der Waals surface area contributed by atoms with E-state index < -0.39 is 11.7 Å². The van der Waals surface area contributed by atoms with Crippen LogP contribution >= 0.6 is 0 Å². The molecule has 1 aliphatic rings. The number of hydrogen-bond acceptors (Lipinski definition) is 5. The topological polar surface area (TPSA) is 44.3 Å². The first kappa shape index (κ1) is 21.4. The third kappa shape index (κ3) is 4.17. The van der Waals surface area contributed by atoms with Gasteiger partial charge in [-0.25, -0.2) is 0 Å². The second-order valence-corrected chi connectivity index (χ2v) is 8.33. The lowest BCUT2D eigenvalue weighted by molar-refractivity contribution is -0.138. The summed E-state index contributed by atoms with van der Waals surface area (Å²) in [4.78, 5) is 4.53. The number of benzene rings is 2. The SMILES string of the molecule is Cc1c(CNc2nnc(C)c3ccc(N4CC(N(C)C)C4)cc23)cccc1C(F)(F)F. The maximum absolute atomic E-state index is 13.2. The van der Waals surface area contributed by atoms with Gasteiger partial charge in [-0.05, 0) is 57.3 Å². The van der Waals surface area contributed by atoms with Gasteiger partial charge in [0.15, 0.2) is 5.82 Å². The smallest absolute Gasteiger partial charge is 0.368 e. The molecule has 31 heavy (non-hydrogen) atoms. The molecule has 0 atom stereocenters. The van der Waals surface area contributed by atoms with Crippen LogP contribution in [0.1, 0.15) is 22.4 Å². The lowest BCUT2D eigenvalue weighted by atomic mass is 10.0. The van der Waals surface area contributed by atoms with Gasteiger partial charge in [-0.3, -0.25) is 0 Å². The predicted molar refractivity (Wildman–Crippen MR) is 117 cm³/mol. The van der Waals surface area contributed by atoms with E-state index in [0.717, 1.165) is 41.3 Å². The van der Waals surface area contributed by atoms with Gasteiger partial charge < -0.3 is 15.1 Å². The van der Waals surface area contributed by atoms with Gasteiger partial charge in [0.05, 0.1) is 11.3 Å². The first-order valence-electron chi connectivity index (χ1n) is 10.2. The zero-order valence-corrected chi connectivity index (χ0v) is 18.1. The van der Waals surface area contributed by atoms with Crippen molar-refractivity contribution in [3.63, 3.8) is 0 Å². The maximum atomic E-state index is 13.2. The van der Waals surface area contributed by atoms with Crippen LogP contribution in [0.5, 0.6) is 0 Å². The standard InChI is InChI=1S/C23H26F3N5/c1-14-16(6-5-7-21(14)23(24,25)26)11-27-22-20-10-17(31-12-18(13-31)30(3)4)8-9-19(20)15(2)28-29-22/h5-10,18H,11-13H2,1-4H3,(H,27,29). The van der Waals surface area contributed by atoms with E-state index in [9.17, 15) is 13.2 Å². The van der Waals surface area contributed by atoms with Crippen molar-refractivity contribution >= 4 is 22.3 Å². The van der Waals surface area contributed by atoms with Crippen molar-refractivity contribution in [3.05, 3.63) is 58.8 Å². The number of rotatable bonds is 5. The number of aromatic nitrogens is 2. The highest BCUT2D eigenvalue weighted by molar-refractivity contribution is 5.95. The van der Waals surface area contributed by atoms with Gasteiger partial charge in [0.25, 0.3) is 0 Å². The molecular formula is C23H26F3N5. The van der Waals surface area contributed by atoms with E-state index in [1.807, 2.05) is 13.0 Å². The third-order valence-electron chi connectivity index (χ3n) is 6.10. The monoisotopic (exact) mass is 429 g/mol. The van der Waals surface area contributed by atoms with E-state index in [1.54, 1.807) is 6.07 Å². The molecule has 2 aromatic carbocycles. The number of fused-ring (bicyclic) bond motifs is 1. The minimum Gasteiger partial charge on any atom is -0.368 e. The quantitative estimate of drug-likeness (QED) is 0.641. The average molecular weight is 429 g/mol. The van der Waals surface area contributed by atoms with Crippen LogP contribution in [-0.2, 0) is 12.7 Å². The number of halogens is 3. The largest absolute Gasteiger partial charge is 0.416 e. The van der Waals surface area contributed by atoms with E-state index >= 15 is 0 Å². The van der Waals surface area contributed by atoms with Crippen molar-refractivity contribution in [2.24, 2.45) is 0 Å². The highest BCUT2D eigenvalue weighted by Crippen LogP contribution is 2.34. The molecule has 1 N–H and O–H groups in total. The summed E-state index contributed by atoms with van der Waals surface area (Å²) < 4.78 is 39.7. The Hall–Kier alpha value is -2.87. The molecule has 1 aliphatic heterocycles. The number of alkyl halides is 3. The minimum absolute atomic E-state index is 0.225. The van der Waals surface area contributed by atoms with Crippen LogP contribution in [0.2, 0.25) is 0 Å². The summed E-state index contributed by atoms with van der Waals surface area (Å²) in [6.07, 6.45) is -4.37. The van der Waals surface area contributed by atoms with E-state index in [1.165, 1.54) is 13.0 Å². The van der Waals surface area contributed by atoms with Crippen LogP contribution in [0.4, 0.5) is 24.7 Å². The van der Waals surface area contributed by atoms with Crippen molar-refractivity contribution in [1.29, 1.82) is 0 Å². The Labute approximate surface area is 179 Å². The number of anilines is 2. The first-order valence-corrected chi connectivity index (χ1v) is 10.2. The molecule has 0 radical (unpaired) electrons. The molecule has 4 rings (SSSR count). The summed E-state index contributed by atoms with van der Waals surface area (Å²) in [6, 6.07) is 11.0. The lowest BCUT2D eigenvalue weighted by Gasteiger charge is -2.44. The third-order valence-corrected chi connectivity index (χ3v) is 6.10. The summed E-state index contributed by atoms with van der Waals surface area (Å²) in [5, 5.41) is 13.6. The fraction of sp³-hybridized carbons (Fsp3) is 0.391. The molecule has 3 aromatic rings. The molecule has 164 valence electrons. The summed E-state index contributed by atoms with van der Waals surface area (Å²) in [6.45, 7) is 5.56. The van der Waals surface area contributed by atoms with Gasteiger partial charge in [0, 0.05) is 42.1 Å². The lowest BCUT2D eigenvalue weighted by Crippen LogP contribution is -2.57. The summed E-state index contributed by atoms with van der Waals surface area (Å²) in [7, 11) is 4.16. The molecule has 8 heteroatoms. The van der Waals surface area contributed by atoms with E-state index in [0.29, 0.717) is 17.4 Å². The summed E-state index contributed by atoms with van der Waals surface area (Å²) >= 11 is 0. The van der Waals surface area contributed by atoms with Crippen molar-refractivity contribution in [1.82, 2.24) is 15.1 Å². The van der Waals surface area contributed by atoms with Crippen molar-refractivity contribution in [2.75, 3.05) is 37.4 Å². The number of likely N-dealkylation sites (N-methyl/N-ethyl adjacent to an activating group) is 1. The molecule has 1 fully saturated rings. The highest BCUT2D eigenvalue weighted by Gasteiger charge is 2.33. The van der Waals surface area contributed by atoms with Crippen LogP contribution < -0.4 is 10.2 Å². The Morgan fingerprint density at radius 1 is 1.06 bits per heavy atom. The predicted octanol–water partition coefficient (Wildman–Crippen LogP) is 4.63. The maximum Gasteiger partial charge on any atom is 0.416 e. The zero-order chi connectivity index (χ0) is 22.3. The molecule has 2 heterocycles. The minimum atomic E-state index is -4.37. The molecule has 1 aromatic heterocycles. The van der Waals surface area contributed by atoms with Gasteiger partial charge in [-0.2, -0.15) is 18.3 Å². The van der Waals surface area contributed by atoms with Crippen molar-refractivity contribution < 1.29 is 13.2 Å². The molecule has 1 saturated heterocycles. The normalized spacial score (nSPS) is 14.9. The van der Waals surface area contributed by atoms with Gasteiger partial charge in [0.2, 0.25) is 0 Å². The Kier molecular flexibility index (Phi) is 5.51. The highest BCUT2D eigenvalue weighted by atomic mass is 19.4. The molecular weight excluding hydrogens is 403 g/mol. The van der Waals surface area contributed by atoms with Crippen LogP contribution in [0.15, 0.2) is 36.4 Å². The van der Waals surface area contributed by atoms with Crippen molar-refractivity contribution in [3.8, 4) is 0 Å². The van der Waals surface area contributed by atoms with Gasteiger partial charge in [0.1, 0.15) is 0 Å². The summed E-state index contributed by atoms with van der Waals surface area (Å²) in [5.74, 6) is 0.573. The Bertz CT molecular complexity index is 1100. The second kappa shape index (κ2) is 8.00. The van der Waals surface area contributed by atoms with E-state index in [-0.39, 0.29) is 12.1 Å². The zero-order valence-electron chi connectivity index (χ0n) is 18.1. The van der Waals surface area contributed by atoms with Gasteiger partial charge in [-0.1, -0.05) is 18.2 Å². The van der Waals surface area contributed by atoms with E-state index in [2.05, 4.69) is 51.5 Å². The molecule has 0 amide bonds. The molecule has 0 spiro atoms. The molecule has 5 nitrogen and oxygen atoms in total. The van der Waals surface area contributed by atoms with Crippen LogP contribution in [0.3, 0.4) is 0 Å². The number of aryl methyl sites for hydroxylation is 1. The molecule has 0 saturated carbocycles. The Morgan fingerprint density at radius 2 is 1.81 bits per heavy atom. The average Bonchev–Trinajstić information content (AvgIpc) is 2.66. The number of hydrogen-bond donors (Lipinski definition) is 1. The van der Waals surface area contributed by atoms with E-state index in [4.69, 9.17) is 0 Å². The second-order valence-electron chi connectivity index (χ2n) is 8.33. The van der Waals surface area contributed by atoms with Gasteiger partial charge >= 0.3 is 6.18 Å². The fourth-order valence-corrected chi connectivity index (χ4v) is 3.96. The Balaban J connectivity index is 1.61. The molecule has 0 bridgehead atoms. The van der Waals surface area contributed by atoms with Crippen molar-refractivity contribution in [2.45, 2.75) is 32.6 Å². The fourth-order valence-electron chi connectivity index (χ4n) is 3.96. The first-order chi connectivity index (χ1) is 14.6. The Morgan fingerprint density at radius 3 is 2.48 bits per heavy atom. The van der Waals surface area contributed by atoms with Crippen LogP contribution in [0, 0.1) is 13.8 Å². The number of nitrogens with one attached hydrogen (secondary N) is 1. The number of nitrogens with zero attached hydrogens (tertiary/aromatic N) is 4. The van der Waals surface area contributed by atoms with Crippen LogP contribution in [-0.4, -0.2) is 48.3 Å². The summed E-state index contributed by atoms with van der Waals surface area (Å²) in [5.41, 5.74) is 2.12.